The Balaban J connectivity index is 1.40. The zero-order valence-electron chi connectivity index (χ0n) is 15.7. The minimum Gasteiger partial charge on any atom is -0.325 e. The number of anilines is 2. The van der Waals surface area contributed by atoms with E-state index in [2.05, 4.69) is 5.32 Å². The highest BCUT2D eigenvalue weighted by atomic mass is 19.1. The van der Waals surface area contributed by atoms with Gasteiger partial charge in [-0.25, -0.2) is 4.39 Å². The van der Waals surface area contributed by atoms with Crippen molar-refractivity contribution >= 4 is 23.2 Å². The number of nitrogens with one attached hydrogen (secondary N) is 1. The fraction of sp³-hybridized carbons (Fsp3) is 0.364. The molecule has 0 bridgehead atoms. The monoisotopic (exact) mass is 381 g/mol. The van der Waals surface area contributed by atoms with Crippen LogP contribution >= 0.6 is 0 Å². The summed E-state index contributed by atoms with van der Waals surface area (Å²) in [5.41, 5.74) is 2.09. The maximum atomic E-state index is 14.0. The number of hydrogen-bond donors (Lipinski definition) is 1. The number of halogens is 1. The van der Waals surface area contributed by atoms with Crippen molar-refractivity contribution in [3.8, 4) is 0 Å². The van der Waals surface area contributed by atoms with Gasteiger partial charge in [-0.3, -0.25) is 14.5 Å². The molecule has 1 heterocycles. The Morgan fingerprint density at radius 2 is 2.00 bits per heavy atom. The van der Waals surface area contributed by atoms with E-state index < -0.39 is 0 Å². The second-order valence-electron chi connectivity index (χ2n) is 7.48. The smallest absolute Gasteiger partial charge is 0.238 e. The van der Waals surface area contributed by atoms with E-state index in [1.165, 1.54) is 6.07 Å². The topological polar surface area (TPSA) is 52.7 Å². The van der Waals surface area contributed by atoms with Gasteiger partial charge in [0.05, 0.1) is 6.54 Å². The summed E-state index contributed by atoms with van der Waals surface area (Å²) in [7, 11) is 0. The van der Waals surface area contributed by atoms with Crippen molar-refractivity contribution in [2.75, 3.05) is 23.3 Å². The lowest BCUT2D eigenvalue weighted by molar-refractivity contribution is -0.118. The summed E-state index contributed by atoms with van der Waals surface area (Å²) in [4.78, 5) is 28.3. The molecule has 0 aromatic heterocycles. The van der Waals surface area contributed by atoms with E-state index in [1.807, 2.05) is 35.2 Å². The molecule has 2 aliphatic rings. The van der Waals surface area contributed by atoms with E-state index in [0.717, 1.165) is 24.9 Å². The summed E-state index contributed by atoms with van der Waals surface area (Å²) >= 11 is 0. The number of amides is 2. The molecule has 2 aromatic rings. The van der Waals surface area contributed by atoms with Crippen molar-refractivity contribution in [3.05, 3.63) is 59.9 Å². The molecule has 1 aliphatic carbocycles. The minimum atomic E-state index is -0.239. The van der Waals surface area contributed by atoms with Crippen LogP contribution in [0.1, 0.15) is 31.2 Å². The lowest BCUT2D eigenvalue weighted by Gasteiger charge is -2.22. The van der Waals surface area contributed by atoms with Crippen molar-refractivity contribution in [2.45, 2.75) is 38.3 Å². The number of carbonyl (C=O) groups excluding carboxylic acids is 2. The molecule has 146 valence electrons. The number of benzene rings is 2. The summed E-state index contributed by atoms with van der Waals surface area (Å²) in [6.07, 6.45) is 3.51. The number of nitrogens with zero attached hydrogens (tertiary/aromatic N) is 2. The SMILES string of the molecule is O=C(CN(Cc1ccccc1F)C1CC1)Nc1cccc(N2CCCC2=O)c1. The molecular formula is C22H24FN3O2. The first-order valence-electron chi connectivity index (χ1n) is 9.78. The maximum absolute atomic E-state index is 14.0. The van der Waals surface area contributed by atoms with Gasteiger partial charge in [0, 0.05) is 42.5 Å². The van der Waals surface area contributed by atoms with E-state index in [4.69, 9.17) is 0 Å². The molecule has 5 nitrogen and oxygen atoms in total. The molecule has 28 heavy (non-hydrogen) atoms. The van der Waals surface area contributed by atoms with Crippen LogP contribution in [0.3, 0.4) is 0 Å². The molecule has 2 amide bonds. The molecule has 6 heteroatoms. The predicted molar refractivity (Wildman–Crippen MR) is 106 cm³/mol. The number of carbonyl (C=O) groups is 2. The quantitative estimate of drug-likeness (QED) is 0.798. The third-order valence-corrected chi connectivity index (χ3v) is 5.26. The molecule has 1 N–H and O–H groups in total. The van der Waals surface area contributed by atoms with E-state index >= 15 is 0 Å². The highest BCUT2D eigenvalue weighted by Crippen LogP contribution is 2.29. The van der Waals surface area contributed by atoms with E-state index in [9.17, 15) is 14.0 Å². The Labute approximate surface area is 164 Å². The van der Waals surface area contributed by atoms with Gasteiger partial charge in [-0.15, -0.1) is 0 Å². The van der Waals surface area contributed by atoms with Gasteiger partial charge >= 0.3 is 0 Å². The normalized spacial score (nSPS) is 16.6. The van der Waals surface area contributed by atoms with Crippen LogP contribution in [-0.2, 0) is 16.1 Å². The molecule has 0 unspecified atom stereocenters. The maximum Gasteiger partial charge on any atom is 0.238 e. The van der Waals surface area contributed by atoms with Crippen LogP contribution in [0.25, 0.3) is 0 Å². The summed E-state index contributed by atoms with van der Waals surface area (Å²) in [5, 5.41) is 2.92. The standard InChI is InChI=1S/C22H24FN3O2/c23-20-8-2-1-5-16(20)14-25(18-10-11-18)15-21(27)24-17-6-3-7-19(13-17)26-12-4-9-22(26)28/h1-3,5-8,13,18H,4,9-12,14-15H2,(H,24,27). The first kappa shape index (κ1) is 18.6. The lowest BCUT2D eigenvalue weighted by Crippen LogP contribution is -2.34. The van der Waals surface area contributed by atoms with Gasteiger partial charge in [0.2, 0.25) is 11.8 Å². The van der Waals surface area contributed by atoms with Gasteiger partial charge < -0.3 is 10.2 Å². The van der Waals surface area contributed by atoms with Crippen LogP contribution in [0, 0.1) is 5.82 Å². The Morgan fingerprint density at radius 1 is 1.18 bits per heavy atom. The molecular weight excluding hydrogens is 357 g/mol. The predicted octanol–water partition coefficient (Wildman–Crippen LogP) is 3.56. The molecule has 2 aromatic carbocycles. The van der Waals surface area contributed by atoms with Gasteiger partial charge in [-0.1, -0.05) is 24.3 Å². The molecule has 0 radical (unpaired) electrons. The van der Waals surface area contributed by atoms with Gasteiger partial charge in [-0.2, -0.15) is 0 Å². The summed E-state index contributed by atoms with van der Waals surface area (Å²) in [5.74, 6) is -0.252. The van der Waals surface area contributed by atoms with Crippen molar-refractivity contribution < 1.29 is 14.0 Å². The molecule has 2 fully saturated rings. The number of hydrogen-bond acceptors (Lipinski definition) is 3. The van der Waals surface area contributed by atoms with Crippen molar-refractivity contribution in [2.24, 2.45) is 0 Å². The van der Waals surface area contributed by atoms with Crippen LogP contribution in [-0.4, -0.2) is 35.8 Å². The van der Waals surface area contributed by atoms with Crippen molar-refractivity contribution in [3.63, 3.8) is 0 Å². The molecule has 4 rings (SSSR count). The Kier molecular flexibility index (Phi) is 5.39. The average molecular weight is 381 g/mol. The van der Waals surface area contributed by atoms with E-state index in [0.29, 0.717) is 36.8 Å². The molecule has 1 aliphatic heterocycles. The zero-order valence-corrected chi connectivity index (χ0v) is 15.7. The first-order chi connectivity index (χ1) is 13.6. The second kappa shape index (κ2) is 8.10. The highest BCUT2D eigenvalue weighted by molar-refractivity contribution is 5.97. The Hall–Kier alpha value is -2.73. The van der Waals surface area contributed by atoms with Crippen LogP contribution in [0.4, 0.5) is 15.8 Å². The molecule has 1 saturated carbocycles. The Bertz CT molecular complexity index is 882. The third-order valence-electron chi connectivity index (χ3n) is 5.26. The van der Waals surface area contributed by atoms with Crippen LogP contribution in [0.15, 0.2) is 48.5 Å². The zero-order chi connectivity index (χ0) is 19.5. The fourth-order valence-electron chi connectivity index (χ4n) is 3.66. The highest BCUT2D eigenvalue weighted by Gasteiger charge is 2.31. The molecule has 0 spiro atoms. The number of rotatable bonds is 7. The summed E-state index contributed by atoms with van der Waals surface area (Å²) < 4.78 is 14.0. The molecule has 1 saturated heterocycles. The van der Waals surface area contributed by atoms with E-state index in [-0.39, 0.29) is 24.2 Å². The average Bonchev–Trinajstić information content (AvgIpc) is 3.44. The second-order valence-corrected chi connectivity index (χ2v) is 7.48. The summed E-state index contributed by atoms with van der Waals surface area (Å²) in [6.45, 7) is 1.35. The van der Waals surface area contributed by atoms with E-state index in [1.54, 1.807) is 17.0 Å². The minimum absolute atomic E-state index is 0.119. The van der Waals surface area contributed by atoms with Gasteiger partial charge in [-0.05, 0) is 43.5 Å². The fourth-order valence-corrected chi connectivity index (χ4v) is 3.66. The first-order valence-corrected chi connectivity index (χ1v) is 9.78. The van der Waals surface area contributed by atoms with Crippen LogP contribution in [0.2, 0.25) is 0 Å². The van der Waals surface area contributed by atoms with Crippen molar-refractivity contribution in [1.29, 1.82) is 0 Å². The Morgan fingerprint density at radius 3 is 2.71 bits per heavy atom. The third kappa shape index (κ3) is 4.39. The lowest BCUT2D eigenvalue weighted by atomic mass is 10.2. The largest absolute Gasteiger partial charge is 0.325 e. The molecule has 0 atom stereocenters. The van der Waals surface area contributed by atoms with Gasteiger partial charge in [0.15, 0.2) is 0 Å². The van der Waals surface area contributed by atoms with Crippen molar-refractivity contribution in [1.82, 2.24) is 4.90 Å². The summed E-state index contributed by atoms with van der Waals surface area (Å²) in [6, 6.07) is 14.4. The van der Waals surface area contributed by atoms with Crippen LogP contribution < -0.4 is 10.2 Å². The van der Waals surface area contributed by atoms with Gasteiger partial charge in [0.1, 0.15) is 5.82 Å². The van der Waals surface area contributed by atoms with Gasteiger partial charge in [0.25, 0.3) is 0 Å². The van der Waals surface area contributed by atoms with Crippen LogP contribution in [0.5, 0.6) is 0 Å².